The molecule has 0 atom stereocenters. The van der Waals surface area contributed by atoms with Crippen LogP contribution in [-0.2, 0) is 4.79 Å². The van der Waals surface area contributed by atoms with Crippen LogP contribution < -0.4 is 5.32 Å². The SMILES string of the molecule is O=C(O)CCNC(=O)c1cc(F)c([N+](=O)[O-])cc1F. The van der Waals surface area contributed by atoms with E-state index in [-0.39, 0.29) is 13.0 Å². The van der Waals surface area contributed by atoms with E-state index in [1.165, 1.54) is 0 Å². The Morgan fingerprint density at radius 2 is 1.95 bits per heavy atom. The summed E-state index contributed by atoms with van der Waals surface area (Å²) in [5.41, 5.74) is -1.81. The Labute approximate surface area is 105 Å². The van der Waals surface area contributed by atoms with Crippen LogP contribution in [-0.4, -0.2) is 28.5 Å². The van der Waals surface area contributed by atoms with Crippen molar-refractivity contribution in [1.82, 2.24) is 5.32 Å². The number of rotatable bonds is 5. The summed E-state index contributed by atoms with van der Waals surface area (Å²) in [7, 11) is 0. The number of hydrogen-bond donors (Lipinski definition) is 2. The number of amides is 1. The first-order valence-corrected chi connectivity index (χ1v) is 4.96. The summed E-state index contributed by atoms with van der Waals surface area (Å²) in [5, 5.41) is 20.7. The molecule has 0 aliphatic heterocycles. The van der Waals surface area contributed by atoms with Crippen molar-refractivity contribution in [3.8, 4) is 0 Å². The molecular weight excluding hydrogens is 266 g/mol. The van der Waals surface area contributed by atoms with Gasteiger partial charge in [-0.25, -0.2) is 4.39 Å². The molecule has 9 heteroatoms. The summed E-state index contributed by atoms with van der Waals surface area (Å²) in [6, 6.07) is 0.686. The maximum atomic E-state index is 13.4. The lowest BCUT2D eigenvalue weighted by atomic mass is 10.1. The van der Waals surface area contributed by atoms with Gasteiger partial charge in [0, 0.05) is 6.54 Å². The van der Waals surface area contributed by atoms with Crippen molar-refractivity contribution in [2.24, 2.45) is 0 Å². The number of carboxylic acids is 1. The van der Waals surface area contributed by atoms with Crippen LogP contribution in [0, 0.1) is 21.7 Å². The number of halogens is 2. The second kappa shape index (κ2) is 5.85. The van der Waals surface area contributed by atoms with E-state index >= 15 is 0 Å². The molecule has 1 aromatic rings. The lowest BCUT2D eigenvalue weighted by Gasteiger charge is -2.05. The minimum absolute atomic E-state index is 0.272. The summed E-state index contributed by atoms with van der Waals surface area (Å²) < 4.78 is 26.6. The number of nitrogens with zero attached hydrogens (tertiary/aromatic N) is 1. The molecule has 19 heavy (non-hydrogen) atoms. The van der Waals surface area contributed by atoms with Crippen molar-refractivity contribution in [1.29, 1.82) is 0 Å². The van der Waals surface area contributed by atoms with Crippen LogP contribution in [0.3, 0.4) is 0 Å². The van der Waals surface area contributed by atoms with Gasteiger partial charge >= 0.3 is 11.7 Å². The minimum Gasteiger partial charge on any atom is -0.481 e. The average Bonchev–Trinajstić information content (AvgIpc) is 2.30. The number of nitrogens with one attached hydrogen (secondary N) is 1. The first-order valence-electron chi connectivity index (χ1n) is 4.96. The first-order chi connectivity index (χ1) is 8.82. The molecule has 0 saturated carbocycles. The van der Waals surface area contributed by atoms with E-state index < -0.39 is 39.7 Å². The van der Waals surface area contributed by atoms with Crippen LogP contribution in [0.15, 0.2) is 12.1 Å². The molecule has 0 aliphatic rings. The first kappa shape index (κ1) is 14.5. The van der Waals surface area contributed by atoms with Crippen LogP contribution in [0.2, 0.25) is 0 Å². The highest BCUT2D eigenvalue weighted by Gasteiger charge is 2.21. The van der Waals surface area contributed by atoms with Crippen molar-refractivity contribution in [2.75, 3.05) is 6.54 Å². The molecule has 0 bridgehead atoms. The zero-order valence-corrected chi connectivity index (χ0v) is 9.35. The number of carbonyl (C=O) groups is 2. The number of hydrogen-bond acceptors (Lipinski definition) is 4. The van der Waals surface area contributed by atoms with E-state index in [1.807, 2.05) is 0 Å². The van der Waals surface area contributed by atoms with Crippen molar-refractivity contribution in [3.05, 3.63) is 39.4 Å². The molecule has 0 heterocycles. The van der Waals surface area contributed by atoms with Crippen LogP contribution in [0.4, 0.5) is 14.5 Å². The van der Waals surface area contributed by atoms with Gasteiger partial charge in [0.25, 0.3) is 5.91 Å². The lowest BCUT2D eigenvalue weighted by molar-refractivity contribution is -0.387. The van der Waals surface area contributed by atoms with Gasteiger partial charge in [0.05, 0.1) is 23.0 Å². The Balaban J connectivity index is 2.89. The Bertz CT molecular complexity index is 547. The van der Waals surface area contributed by atoms with Crippen LogP contribution in [0.5, 0.6) is 0 Å². The maximum Gasteiger partial charge on any atom is 0.307 e. The molecule has 0 aliphatic carbocycles. The van der Waals surface area contributed by atoms with E-state index in [9.17, 15) is 28.5 Å². The van der Waals surface area contributed by atoms with Crippen molar-refractivity contribution >= 4 is 17.6 Å². The number of aliphatic carboxylic acids is 1. The topological polar surface area (TPSA) is 110 Å². The monoisotopic (exact) mass is 274 g/mol. The van der Waals surface area contributed by atoms with Gasteiger partial charge in [-0.05, 0) is 6.07 Å². The second-order valence-corrected chi connectivity index (χ2v) is 3.44. The lowest BCUT2D eigenvalue weighted by Crippen LogP contribution is -2.27. The van der Waals surface area contributed by atoms with Gasteiger partial charge in [0.15, 0.2) is 0 Å². The van der Waals surface area contributed by atoms with Gasteiger partial charge in [-0.15, -0.1) is 0 Å². The molecule has 1 aromatic carbocycles. The molecular formula is C10H8F2N2O5. The molecule has 0 unspecified atom stereocenters. The fourth-order valence-corrected chi connectivity index (χ4v) is 1.23. The minimum atomic E-state index is -1.35. The van der Waals surface area contributed by atoms with Crippen molar-refractivity contribution in [3.63, 3.8) is 0 Å². The van der Waals surface area contributed by atoms with Gasteiger partial charge in [-0.1, -0.05) is 0 Å². The molecule has 0 spiro atoms. The fourth-order valence-electron chi connectivity index (χ4n) is 1.23. The van der Waals surface area contributed by atoms with Gasteiger partial charge < -0.3 is 10.4 Å². The smallest absolute Gasteiger partial charge is 0.307 e. The Morgan fingerprint density at radius 1 is 1.32 bits per heavy atom. The van der Waals surface area contributed by atoms with Crippen LogP contribution in [0.1, 0.15) is 16.8 Å². The van der Waals surface area contributed by atoms with Crippen molar-refractivity contribution < 1.29 is 28.4 Å². The van der Waals surface area contributed by atoms with Gasteiger partial charge in [-0.2, -0.15) is 4.39 Å². The summed E-state index contributed by atoms with van der Waals surface area (Å²) in [4.78, 5) is 30.8. The zero-order chi connectivity index (χ0) is 14.6. The number of nitro benzene ring substituents is 1. The highest BCUT2D eigenvalue weighted by molar-refractivity contribution is 5.94. The number of benzene rings is 1. The molecule has 0 saturated heterocycles. The van der Waals surface area contributed by atoms with Crippen molar-refractivity contribution in [2.45, 2.75) is 6.42 Å². The molecule has 2 N–H and O–H groups in total. The highest BCUT2D eigenvalue weighted by Crippen LogP contribution is 2.21. The summed E-state index contributed by atoms with van der Waals surface area (Å²) in [6.45, 7) is -0.272. The maximum absolute atomic E-state index is 13.4. The van der Waals surface area contributed by atoms with Gasteiger partial charge in [0.2, 0.25) is 5.82 Å². The van der Waals surface area contributed by atoms with E-state index in [4.69, 9.17) is 5.11 Å². The van der Waals surface area contributed by atoms with Gasteiger partial charge in [-0.3, -0.25) is 19.7 Å². The number of nitro groups is 1. The third-order valence-corrected chi connectivity index (χ3v) is 2.10. The summed E-state index contributed by atoms with van der Waals surface area (Å²) >= 11 is 0. The predicted molar refractivity (Wildman–Crippen MR) is 57.6 cm³/mol. The second-order valence-electron chi connectivity index (χ2n) is 3.44. The standard InChI is InChI=1S/C10H8F2N2O5/c11-6-4-8(14(18)19)7(12)3-5(6)10(17)13-2-1-9(15)16/h3-4H,1-2H2,(H,13,17)(H,15,16). The predicted octanol–water partition coefficient (Wildman–Crippen LogP) is 1.08. The van der Waals surface area contributed by atoms with Gasteiger partial charge in [0.1, 0.15) is 5.82 Å². The van der Waals surface area contributed by atoms with Crippen LogP contribution in [0.25, 0.3) is 0 Å². The fraction of sp³-hybridized carbons (Fsp3) is 0.200. The Morgan fingerprint density at radius 3 is 2.47 bits per heavy atom. The summed E-state index contributed by atoms with van der Waals surface area (Å²) in [6.07, 6.45) is -0.386. The third-order valence-electron chi connectivity index (χ3n) is 2.10. The van der Waals surface area contributed by atoms with E-state index in [1.54, 1.807) is 0 Å². The van der Waals surface area contributed by atoms with E-state index in [0.717, 1.165) is 0 Å². The molecule has 0 radical (unpaired) electrons. The molecule has 102 valence electrons. The molecule has 1 amide bonds. The molecule has 0 fully saturated rings. The highest BCUT2D eigenvalue weighted by atomic mass is 19.1. The summed E-state index contributed by atoms with van der Waals surface area (Å²) in [5.74, 6) is -4.83. The van der Waals surface area contributed by atoms with E-state index in [2.05, 4.69) is 5.32 Å². The largest absolute Gasteiger partial charge is 0.481 e. The van der Waals surface area contributed by atoms with Crippen LogP contribution >= 0.6 is 0 Å². The average molecular weight is 274 g/mol. The zero-order valence-electron chi connectivity index (χ0n) is 9.35. The molecule has 7 nitrogen and oxygen atoms in total. The Kier molecular flexibility index (Phi) is 4.46. The Hall–Kier alpha value is -2.58. The number of carbonyl (C=O) groups excluding carboxylic acids is 1. The quantitative estimate of drug-likeness (QED) is 0.616. The molecule has 0 aromatic heterocycles. The molecule has 1 rings (SSSR count). The third kappa shape index (κ3) is 3.69. The van der Waals surface area contributed by atoms with E-state index in [0.29, 0.717) is 12.1 Å². The number of carboxylic acid groups (broad SMARTS) is 1. The normalized spacial score (nSPS) is 10.0.